The SMILES string of the molecule is C[C@H](F)C[C@@](C)(CNc1ccc(-c2cc(C(=O)NCC(F)(F)F)ccc2F)nn1)c1ncccc1F. The second-order valence-electron chi connectivity index (χ2n) is 8.53. The van der Waals surface area contributed by atoms with Gasteiger partial charge in [0.2, 0.25) is 0 Å². The van der Waals surface area contributed by atoms with Gasteiger partial charge >= 0.3 is 6.18 Å². The zero-order chi connectivity index (χ0) is 26.5. The van der Waals surface area contributed by atoms with Crippen LogP contribution in [0, 0.1) is 11.6 Å². The van der Waals surface area contributed by atoms with Crippen LogP contribution >= 0.6 is 0 Å². The van der Waals surface area contributed by atoms with E-state index >= 15 is 0 Å². The number of rotatable bonds is 9. The third kappa shape index (κ3) is 6.92. The summed E-state index contributed by atoms with van der Waals surface area (Å²) in [6.45, 7) is 1.56. The molecule has 0 saturated carbocycles. The fourth-order valence-corrected chi connectivity index (χ4v) is 3.70. The molecule has 0 aliphatic heterocycles. The summed E-state index contributed by atoms with van der Waals surface area (Å²) in [4.78, 5) is 16.1. The number of anilines is 1. The number of pyridine rings is 1. The second-order valence-corrected chi connectivity index (χ2v) is 8.53. The van der Waals surface area contributed by atoms with Gasteiger partial charge < -0.3 is 10.6 Å². The monoisotopic (exact) mass is 511 g/mol. The fourth-order valence-electron chi connectivity index (χ4n) is 3.70. The number of carbonyl (C=O) groups excluding carboxylic acids is 1. The Kier molecular flexibility index (Phi) is 8.16. The van der Waals surface area contributed by atoms with Crippen molar-refractivity contribution in [2.45, 2.75) is 38.0 Å². The Labute approximate surface area is 203 Å². The topological polar surface area (TPSA) is 79.8 Å². The molecule has 3 rings (SSSR count). The van der Waals surface area contributed by atoms with E-state index in [1.807, 2.05) is 0 Å². The second kappa shape index (κ2) is 10.9. The highest BCUT2D eigenvalue weighted by Gasteiger charge is 2.33. The minimum absolute atomic E-state index is 0.0200. The standard InChI is InChI=1S/C24H23F6N5O/c1-14(25)11-23(2,21-18(27)4-3-9-31-21)12-32-20-8-7-19(34-35-20)16-10-15(5-6-17(16)26)22(36)33-13-24(28,29)30/h3-10,14H,11-13H2,1-2H3,(H,32,35)(H,33,36)/t14-,23-/m0/s1. The summed E-state index contributed by atoms with van der Waals surface area (Å²) in [5.41, 5.74) is -1.23. The van der Waals surface area contributed by atoms with Crippen molar-refractivity contribution in [1.29, 1.82) is 0 Å². The number of nitrogens with one attached hydrogen (secondary N) is 2. The number of carbonyl (C=O) groups is 1. The van der Waals surface area contributed by atoms with Crippen molar-refractivity contribution < 1.29 is 31.1 Å². The molecule has 0 aliphatic rings. The third-order valence-corrected chi connectivity index (χ3v) is 5.34. The first-order valence-corrected chi connectivity index (χ1v) is 10.9. The van der Waals surface area contributed by atoms with Gasteiger partial charge in [-0.15, -0.1) is 10.2 Å². The van der Waals surface area contributed by atoms with Crippen LogP contribution in [0.2, 0.25) is 0 Å². The molecule has 12 heteroatoms. The van der Waals surface area contributed by atoms with Crippen LogP contribution in [0.3, 0.4) is 0 Å². The molecule has 3 aromatic rings. The molecule has 192 valence electrons. The Morgan fingerprint density at radius 2 is 1.78 bits per heavy atom. The smallest absolute Gasteiger partial charge is 0.368 e. The van der Waals surface area contributed by atoms with E-state index in [1.54, 1.807) is 12.2 Å². The van der Waals surface area contributed by atoms with Gasteiger partial charge in [-0.05, 0) is 55.8 Å². The Bertz CT molecular complexity index is 1200. The highest BCUT2D eigenvalue weighted by Crippen LogP contribution is 2.31. The molecule has 0 spiro atoms. The normalized spacial score (nSPS) is 14.1. The number of halogens is 6. The van der Waals surface area contributed by atoms with Crippen molar-refractivity contribution in [3.63, 3.8) is 0 Å². The summed E-state index contributed by atoms with van der Waals surface area (Å²) in [6, 6.07) is 8.58. The molecule has 2 aromatic heterocycles. The zero-order valence-electron chi connectivity index (χ0n) is 19.3. The third-order valence-electron chi connectivity index (χ3n) is 5.34. The number of nitrogens with zero attached hydrogens (tertiary/aromatic N) is 3. The number of hydrogen-bond acceptors (Lipinski definition) is 5. The Morgan fingerprint density at radius 3 is 2.39 bits per heavy atom. The van der Waals surface area contributed by atoms with Crippen molar-refractivity contribution in [2.75, 3.05) is 18.4 Å². The van der Waals surface area contributed by atoms with Gasteiger partial charge in [0, 0.05) is 29.3 Å². The summed E-state index contributed by atoms with van der Waals surface area (Å²) < 4.78 is 79.7. The molecule has 0 bridgehead atoms. The van der Waals surface area contributed by atoms with E-state index in [0.717, 1.165) is 18.2 Å². The highest BCUT2D eigenvalue weighted by molar-refractivity contribution is 5.95. The van der Waals surface area contributed by atoms with Crippen molar-refractivity contribution >= 4 is 11.7 Å². The predicted octanol–water partition coefficient (Wildman–Crippen LogP) is 5.23. The lowest BCUT2D eigenvalue weighted by molar-refractivity contribution is -0.123. The molecule has 0 aliphatic carbocycles. The number of alkyl halides is 4. The van der Waals surface area contributed by atoms with Gasteiger partial charge in [-0.1, -0.05) is 6.92 Å². The minimum atomic E-state index is -4.59. The minimum Gasteiger partial charge on any atom is -0.368 e. The summed E-state index contributed by atoms with van der Waals surface area (Å²) in [5, 5.41) is 12.5. The number of aromatic nitrogens is 3. The van der Waals surface area contributed by atoms with E-state index in [-0.39, 0.29) is 41.3 Å². The van der Waals surface area contributed by atoms with Gasteiger partial charge in [-0.25, -0.2) is 13.2 Å². The summed E-state index contributed by atoms with van der Waals surface area (Å²) in [5.74, 6) is -2.12. The molecule has 0 radical (unpaired) electrons. The molecule has 6 nitrogen and oxygen atoms in total. The molecule has 36 heavy (non-hydrogen) atoms. The van der Waals surface area contributed by atoms with E-state index in [4.69, 9.17) is 0 Å². The average molecular weight is 511 g/mol. The lowest BCUT2D eigenvalue weighted by atomic mass is 9.81. The molecular formula is C24H23F6N5O. The van der Waals surface area contributed by atoms with Crippen LogP contribution in [0.4, 0.5) is 32.2 Å². The first kappa shape index (κ1) is 26.9. The Hall–Kier alpha value is -3.70. The summed E-state index contributed by atoms with van der Waals surface area (Å²) >= 11 is 0. The Morgan fingerprint density at radius 1 is 1.03 bits per heavy atom. The maximum atomic E-state index is 14.4. The van der Waals surface area contributed by atoms with Crippen LogP contribution in [0.25, 0.3) is 11.3 Å². The van der Waals surface area contributed by atoms with Crippen LogP contribution in [0.1, 0.15) is 36.3 Å². The van der Waals surface area contributed by atoms with Gasteiger partial charge in [0.25, 0.3) is 5.91 Å². The van der Waals surface area contributed by atoms with Crippen molar-refractivity contribution in [1.82, 2.24) is 20.5 Å². The summed E-state index contributed by atoms with van der Waals surface area (Å²) in [6.07, 6.45) is -4.43. The molecule has 2 atom stereocenters. The van der Waals surface area contributed by atoms with Crippen LogP contribution < -0.4 is 10.6 Å². The lowest BCUT2D eigenvalue weighted by Gasteiger charge is -2.30. The number of hydrogen-bond donors (Lipinski definition) is 2. The number of amides is 1. The van der Waals surface area contributed by atoms with E-state index < -0.39 is 41.8 Å². The predicted molar refractivity (Wildman–Crippen MR) is 121 cm³/mol. The van der Waals surface area contributed by atoms with Gasteiger partial charge in [0.05, 0.1) is 17.6 Å². The molecule has 1 aromatic carbocycles. The van der Waals surface area contributed by atoms with Crippen LogP contribution in [-0.2, 0) is 5.41 Å². The van der Waals surface area contributed by atoms with Crippen molar-refractivity contribution in [3.05, 3.63) is 71.6 Å². The largest absolute Gasteiger partial charge is 0.405 e. The van der Waals surface area contributed by atoms with Crippen LogP contribution in [-0.4, -0.2) is 46.5 Å². The molecule has 2 N–H and O–H groups in total. The van der Waals surface area contributed by atoms with Gasteiger partial charge in [-0.2, -0.15) is 13.2 Å². The lowest BCUT2D eigenvalue weighted by Crippen LogP contribution is -2.35. The van der Waals surface area contributed by atoms with E-state index in [1.165, 1.54) is 37.4 Å². The fraction of sp³-hybridized carbons (Fsp3) is 0.333. The van der Waals surface area contributed by atoms with E-state index in [9.17, 15) is 31.1 Å². The first-order chi connectivity index (χ1) is 16.9. The maximum Gasteiger partial charge on any atom is 0.405 e. The first-order valence-electron chi connectivity index (χ1n) is 10.9. The number of benzene rings is 1. The van der Waals surface area contributed by atoms with Gasteiger partial charge in [0.15, 0.2) is 0 Å². The van der Waals surface area contributed by atoms with E-state index in [2.05, 4.69) is 20.5 Å². The maximum absolute atomic E-state index is 14.4. The summed E-state index contributed by atoms with van der Waals surface area (Å²) in [7, 11) is 0. The van der Waals surface area contributed by atoms with E-state index in [0.29, 0.717) is 0 Å². The molecule has 0 saturated heterocycles. The molecule has 1 amide bonds. The Balaban J connectivity index is 1.77. The van der Waals surface area contributed by atoms with Crippen molar-refractivity contribution in [3.8, 4) is 11.3 Å². The zero-order valence-corrected chi connectivity index (χ0v) is 19.3. The quantitative estimate of drug-likeness (QED) is 0.385. The van der Waals surface area contributed by atoms with Crippen LogP contribution in [0.5, 0.6) is 0 Å². The van der Waals surface area contributed by atoms with Gasteiger partial charge in [0.1, 0.15) is 24.0 Å². The molecular weight excluding hydrogens is 488 g/mol. The van der Waals surface area contributed by atoms with Crippen LogP contribution in [0.15, 0.2) is 48.7 Å². The average Bonchev–Trinajstić information content (AvgIpc) is 2.81. The van der Waals surface area contributed by atoms with Crippen molar-refractivity contribution in [2.24, 2.45) is 0 Å². The molecule has 0 unspecified atom stereocenters. The van der Waals surface area contributed by atoms with Gasteiger partial charge in [-0.3, -0.25) is 9.78 Å². The highest BCUT2D eigenvalue weighted by atomic mass is 19.4. The molecule has 2 heterocycles. The molecule has 0 fully saturated rings.